The minimum atomic E-state index is -4.45. The van der Waals surface area contributed by atoms with Gasteiger partial charge in [0.25, 0.3) is 0 Å². The van der Waals surface area contributed by atoms with Crippen molar-refractivity contribution in [2.45, 2.75) is 25.8 Å². The van der Waals surface area contributed by atoms with Gasteiger partial charge >= 0.3 is 6.18 Å². The Kier molecular flexibility index (Phi) is 4.64. The lowest BCUT2D eigenvalue weighted by Crippen LogP contribution is -2.28. The Bertz CT molecular complexity index is 447. The standard InChI is InChI=1S/C11H11F4NOS/c1-6(11(13,14)15)17-5-7-2-8(10(16)18)4-9(12)3-7/h2-4,6H,5H2,1H3,(H2,16,18). The highest BCUT2D eigenvalue weighted by Gasteiger charge is 2.36. The molecule has 0 aliphatic carbocycles. The molecular weight excluding hydrogens is 270 g/mol. The molecule has 1 aromatic rings. The summed E-state index contributed by atoms with van der Waals surface area (Å²) in [6, 6.07) is 3.58. The minimum Gasteiger partial charge on any atom is -0.389 e. The van der Waals surface area contributed by atoms with E-state index in [4.69, 9.17) is 5.73 Å². The summed E-state index contributed by atoms with van der Waals surface area (Å²) in [6.45, 7) is 0.516. The third-order valence-electron chi connectivity index (χ3n) is 2.20. The van der Waals surface area contributed by atoms with Gasteiger partial charge in [-0.2, -0.15) is 13.2 Å². The Morgan fingerprint density at radius 1 is 1.39 bits per heavy atom. The van der Waals surface area contributed by atoms with Crippen LogP contribution in [0, 0.1) is 5.82 Å². The molecule has 0 aliphatic heterocycles. The Balaban J connectivity index is 2.77. The van der Waals surface area contributed by atoms with E-state index in [1.54, 1.807) is 0 Å². The topological polar surface area (TPSA) is 35.2 Å². The molecule has 0 saturated heterocycles. The summed E-state index contributed by atoms with van der Waals surface area (Å²) in [7, 11) is 0. The summed E-state index contributed by atoms with van der Waals surface area (Å²) in [5, 5.41) is 0. The summed E-state index contributed by atoms with van der Waals surface area (Å²) in [5.74, 6) is -0.626. The van der Waals surface area contributed by atoms with Crippen LogP contribution in [-0.2, 0) is 11.3 Å². The van der Waals surface area contributed by atoms with E-state index in [9.17, 15) is 17.6 Å². The fourth-order valence-corrected chi connectivity index (χ4v) is 1.31. The monoisotopic (exact) mass is 281 g/mol. The van der Waals surface area contributed by atoms with Crippen molar-refractivity contribution < 1.29 is 22.3 Å². The number of alkyl halides is 3. The number of thiocarbonyl (C=S) groups is 1. The molecule has 7 heteroatoms. The van der Waals surface area contributed by atoms with Crippen LogP contribution in [0.15, 0.2) is 18.2 Å². The summed E-state index contributed by atoms with van der Waals surface area (Å²) in [4.78, 5) is -0.0281. The molecule has 2 N–H and O–H groups in total. The summed E-state index contributed by atoms with van der Waals surface area (Å²) >= 11 is 4.67. The van der Waals surface area contributed by atoms with Gasteiger partial charge in [0.05, 0.1) is 6.61 Å². The molecule has 100 valence electrons. The molecule has 0 fully saturated rings. The molecule has 2 nitrogen and oxygen atoms in total. The van der Waals surface area contributed by atoms with Crippen LogP contribution in [0.25, 0.3) is 0 Å². The Morgan fingerprint density at radius 2 is 2.00 bits per heavy atom. The molecule has 1 aromatic carbocycles. The Labute approximate surface area is 107 Å². The third-order valence-corrected chi connectivity index (χ3v) is 2.44. The Hall–Kier alpha value is -1.21. The van der Waals surface area contributed by atoms with Crippen LogP contribution in [0.1, 0.15) is 18.1 Å². The van der Waals surface area contributed by atoms with Crippen LogP contribution < -0.4 is 5.73 Å². The first-order valence-electron chi connectivity index (χ1n) is 4.97. The second kappa shape index (κ2) is 5.62. The highest BCUT2D eigenvalue weighted by atomic mass is 32.1. The number of hydrogen-bond acceptors (Lipinski definition) is 2. The van der Waals surface area contributed by atoms with Gasteiger partial charge in [-0.3, -0.25) is 0 Å². The lowest BCUT2D eigenvalue weighted by atomic mass is 10.1. The van der Waals surface area contributed by atoms with Crippen LogP contribution in [0.5, 0.6) is 0 Å². The smallest absolute Gasteiger partial charge is 0.389 e. The number of nitrogens with two attached hydrogens (primary N) is 1. The van der Waals surface area contributed by atoms with Crippen molar-refractivity contribution in [3.63, 3.8) is 0 Å². The van der Waals surface area contributed by atoms with Crippen molar-refractivity contribution in [1.29, 1.82) is 0 Å². The predicted molar refractivity (Wildman–Crippen MR) is 62.6 cm³/mol. The minimum absolute atomic E-state index is 0.0281. The van der Waals surface area contributed by atoms with Crippen molar-refractivity contribution in [2.75, 3.05) is 0 Å². The number of halogens is 4. The zero-order valence-electron chi connectivity index (χ0n) is 9.42. The fourth-order valence-electron chi connectivity index (χ4n) is 1.19. The Morgan fingerprint density at radius 3 is 2.50 bits per heavy atom. The molecule has 0 saturated carbocycles. The van der Waals surface area contributed by atoms with E-state index in [0.29, 0.717) is 0 Å². The van der Waals surface area contributed by atoms with Gasteiger partial charge in [0.2, 0.25) is 0 Å². The lowest BCUT2D eigenvalue weighted by molar-refractivity contribution is -0.217. The van der Waals surface area contributed by atoms with Crippen LogP contribution >= 0.6 is 12.2 Å². The van der Waals surface area contributed by atoms with Crippen LogP contribution in [0.4, 0.5) is 17.6 Å². The van der Waals surface area contributed by atoms with Crippen molar-refractivity contribution in [3.8, 4) is 0 Å². The van der Waals surface area contributed by atoms with Crippen molar-refractivity contribution >= 4 is 17.2 Å². The predicted octanol–water partition coefficient (Wildman–Crippen LogP) is 2.93. The first-order chi connectivity index (χ1) is 8.20. The third kappa shape index (κ3) is 4.23. The zero-order chi connectivity index (χ0) is 13.9. The average molecular weight is 281 g/mol. The van der Waals surface area contributed by atoms with E-state index < -0.39 is 18.1 Å². The van der Waals surface area contributed by atoms with Crippen molar-refractivity contribution in [2.24, 2.45) is 5.73 Å². The van der Waals surface area contributed by atoms with E-state index in [1.165, 1.54) is 6.07 Å². The second-order valence-electron chi connectivity index (χ2n) is 3.71. The van der Waals surface area contributed by atoms with Crippen molar-refractivity contribution in [3.05, 3.63) is 35.1 Å². The van der Waals surface area contributed by atoms with Crippen LogP contribution in [0.3, 0.4) is 0 Å². The molecule has 0 heterocycles. The summed E-state index contributed by atoms with van der Waals surface area (Å²) < 4.78 is 54.4. The molecule has 0 aliphatic rings. The molecule has 0 radical (unpaired) electrons. The van der Waals surface area contributed by atoms with Gasteiger partial charge in [0, 0.05) is 5.56 Å². The zero-order valence-corrected chi connectivity index (χ0v) is 10.2. The maximum Gasteiger partial charge on any atom is 0.414 e. The van der Waals surface area contributed by atoms with Gasteiger partial charge in [-0.25, -0.2) is 4.39 Å². The quantitative estimate of drug-likeness (QED) is 0.681. The summed E-state index contributed by atoms with van der Waals surface area (Å²) in [6.07, 6.45) is -6.37. The largest absolute Gasteiger partial charge is 0.414 e. The van der Waals surface area contributed by atoms with Gasteiger partial charge in [0.1, 0.15) is 10.8 Å². The normalized spacial score (nSPS) is 13.4. The van der Waals surface area contributed by atoms with E-state index >= 15 is 0 Å². The molecule has 1 unspecified atom stereocenters. The van der Waals surface area contributed by atoms with Gasteiger partial charge < -0.3 is 10.5 Å². The number of benzene rings is 1. The van der Waals surface area contributed by atoms with Gasteiger partial charge in [-0.15, -0.1) is 0 Å². The van der Waals surface area contributed by atoms with Crippen LogP contribution in [0.2, 0.25) is 0 Å². The molecule has 0 bridgehead atoms. The first kappa shape index (κ1) is 14.8. The SMILES string of the molecule is CC(OCc1cc(F)cc(C(N)=S)c1)C(F)(F)F. The molecule has 1 rings (SSSR count). The van der Waals surface area contributed by atoms with E-state index in [1.807, 2.05) is 0 Å². The number of ether oxygens (including phenoxy) is 1. The molecule has 0 aromatic heterocycles. The van der Waals surface area contributed by atoms with Gasteiger partial charge in [-0.1, -0.05) is 12.2 Å². The highest BCUT2D eigenvalue weighted by molar-refractivity contribution is 7.80. The number of rotatable bonds is 4. The summed E-state index contributed by atoms with van der Waals surface area (Å²) in [5.41, 5.74) is 5.82. The molecule has 1 atom stereocenters. The van der Waals surface area contributed by atoms with Gasteiger partial charge in [0.15, 0.2) is 6.10 Å². The van der Waals surface area contributed by atoms with E-state index in [2.05, 4.69) is 17.0 Å². The average Bonchev–Trinajstić information content (AvgIpc) is 2.23. The molecule has 0 spiro atoms. The van der Waals surface area contributed by atoms with E-state index in [-0.39, 0.29) is 22.7 Å². The lowest BCUT2D eigenvalue weighted by Gasteiger charge is -2.16. The number of hydrogen-bond donors (Lipinski definition) is 1. The second-order valence-corrected chi connectivity index (χ2v) is 4.15. The maximum atomic E-state index is 13.2. The molecule has 18 heavy (non-hydrogen) atoms. The van der Waals surface area contributed by atoms with Crippen molar-refractivity contribution in [1.82, 2.24) is 0 Å². The molecular formula is C11H11F4NOS. The van der Waals surface area contributed by atoms with Gasteiger partial charge in [-0.05, 0) is 30.7 Å². The highest BCUT2D eigenvalue weighted by Crippen LogP contribution is 2.23. The molecule has 0 amide bonds. The fraction of sp³-hybridized carbons (Fsp3) is 0.364. The van der Waals surface area contributed by atoms with Crippen LogP contribution in [-0.4, -0.2) is 17.3 Å². The van der Waals surface area contributed by atoms with E-state index in [0.717, 1.165) is 19.1 Å². The first-order valence-corrected chi connectivity index (χ1v) is 5.38. The maximum absolute atomic E-state index is 13.2.